The Kier molecular flexibility index (Phi) is 3.51. The highest BCUT2D eigenvalue weighted by atomic mass is 32.1. The number of ketones is 2. The summed E-state index contributed by atoms with van der Waals surface area (Å²) in [6.07, 6.45) is 0.975. The number of ether oxygens (including phenoxy) is 2. The highest BCUT2D eigenvalue weighted by Gasteiger charge is 2.31. The molecule has 1 aliphatic carbocycles. The third-order valence-electron chi connectivity index (χ3n) is 3.69. The number of methoxy groups -OCH3 is 2. The quantitative estimate of drug-likeness (QED) is 0.814. The summed E-state index contributed by atoms with van der Waals surface area (Å²) in [5.41, 5.74) is 2.44. The summed E-state index contributed by atoms with van der Waals surface area (Å²) in [5.74, 6) is 0.769. The molecular weight excluding hydrogens is 288 g/mol. The summed E-state index contributed by atoms with van der Waals surface area (Å²) in [7, 11) is 3.01. The third-order valence-corrected chi connectivity index (χ3v) is 4.37. The molecular formula is C16H14O4S. The van der Waals surface area contributed by atoms with E-state index in [1.165, 1.54) is 25.6 Å². The molecule has 0 unspecified atom stereocenters. The first-order chi connectivity index (χ1) is 10.2. The van der Waals surface area contributed by atoms with Crippen LogP contribution in [0.1, 0.15) is 38.3 Å². The molecule has 1 heterocycles. The first-order valence-corrected chi connectivity index (χ1v) is 7.49. The van der Waals surface area contributed by atoms with Gasteiger partial charge < -0.3 is 9.47 Å². The van der Waals surface area contributed by atoms with Crippen LogP contribution in [0, 0.1) is 0 Å². The topological polar surface area (TPSA) is 52.6 Å². The highest BCUT2D eigenvalue weighted by Crippen LogP contribution is 2.41. The number of Topliss-reactive ketones (excluding diaryl/α,β-unsaturated/α-hetero) is 1. The molecule has 108 valence electrons. The molecule has 1 aromatic carbocycles. The van der Waals surface area contributed by atoms with Crippen molar-refractivity contribution in [3.05, 3.63) is 45.1 Å². The molecule has 5 heteroatoms. The van der Waals surface area contributed by atoms with Gasteiger partial charge in [-0.05, 0) is 29.5 Å². The molecule has 0 radical (unpaired) electrons. The van der Waals surface area contributed by atoms with Crippen LogP contribution in [-0.4, -0.2) is 25.8 Å². The van der Waals surface area contributed by atoms with Gasteiger partial charge in [0.1, 0.15) is 0 Å². The average Bonchev–Trinajstić information content (AvgIpc) is 3.15. The Morgan fingerprint density at radius 3 is 2.67 bits per heavy atom. The van der Waals surface area contributed by atoms with Gasteiger partial charge >= 0.3 is 0 Å². The first-order valence-electron chi connectivity index (χ1n) is 6.55. The van der Waals surface area contributed by atoms with Crippen molar-refractivity contribution in [3.63, 3.8) is 0 Å². The smallest absolute Gasteiger partial charge is 0.194 e. The Morgan fingerprint density at radius 2 is 2.05 bits per heavy atom. The standard InChI is InChI=1S/C16H14O4S/c1-19-13-7-11(15(18)9-5-6-21-8-9)10-3-4-12(17)14(10)16(13)20-2/h5-8H,3-4H2,1-2H3. The monoisotopic (exact) mass is 302 g/mol. The number of rotatable bonds is 4. The molecule has 0 atom stereocenters. The number of benzene rings is 1. The number of hydrogen-bond acceptors (Lipinski definition) is 5. The van der Waals surface area contributed by atoms with Crippen LogP contribution in [0.5, 0.6) is 11.5 Å². The van der Waals surface area contributed by atoms with Gasteiger partial charge in [0.2, 0.25) is 0 Å². The van der Waals surface area contributed by atoms with E-state index in [4.69, 9.17) is 9.47 Å². The van der Waals surface area contributed by atoms with Crippen molar-refractivity contribution in [3.8, 4) is 11.5 Å². The zero-order chi connectivity index (χ0) is 15.0. The molecule has 0 aliphatic heterocycles. The molecule has 3 rings (SSSR count). The van der Waals surface area contributed by atoms with Crippen LogP contribution < -0.4 is 9.47 Å². The highest BCUT2D eigenvalue weighted by molar-refractivity contribution is 7.08. The van der Waals surface area contributed by atoms with Crippen molar-refractivity contribution in [2.75, 3.05) is 14.2 Å². The van der Waals surface area contributed by atoms with Crippen molar-refractivity contribution in [1.29, 1.82) is 0 Å². The predicted molar refractivity (Wildman–Crippen MR) is 79.9 cm³/mol. The van der Waals surface area contributed by atoms with Gasteiger partial charge in [-0.25, -0.2) is 0 Å². The summed E-state index contributed by atoms with van der Waals surface area (Å²) < 4.78 is 10.6. The van der Waals surface area contributed by atoms with Gasteiger partial charge in [-0.15, -0.1) is 0 Å². The minimum Gasteiger partial charge on any atom is -0.493 e. The van der Waals surface area contributed by atoms with Crippen LogP contribution in [0.3, 0.4) is 0 Å². The fourth-order valence-electron chi connectivity index (χ4n) is 2.70. The minimum absolute atomic E-state index is 0.000110. The van der Waals surface area contributed by atoms with Crippen molar-refractivity contribution in [1.82, 2.24) is 0 Å². The van der Waals surface area contributed by atoms with Crippen molar-refractivity contribution in [2.45, 2.75) is 12.8 Å². The lowest BCUT2D eigenvalue weighted by molar-refractivity contribution is 0.0991. The fraction of sp³-hybridized carbons (Fsp3) is 0.250. The minimum atomic E-state index is -0.0804. The summed E-state index contributed by atoms with van der Waals surface area (Å²) in [4.78, 5) is 24.8. The van der Waals surface area contributed by atoms with E-state index in [9.17, 15) is 9.59 Å². The maximum Gasteiger partial charge on any atom is 0.194 e. The van der Waals surface area contributed by atoms with Crippen LogP contribution >= 0.6 is 11.3 Å². The van der Waals surface area contributed by atoms with Crippen LogP contribution in [0.15, 0.2) is 22.9 Å². The normalized spacial score (nSPS) is 13.1. The van der Waals surface area contributed by atoms with E-state index in [2.05, 4.69) is 0 Å². The lowest BCUT2D eigenvalue weighted by atomic mass is 9.96. The molecule has 0 saturated heterocycles. The number of hydrogen-bond donors (Lipinski definition) is 0. The number of thiophene rings is 1. The van der Waals surface area contributed by atoms with Crippen LogP contribution in [0.2, 0.25) is 0 Å². The molecule has 0 amide bonds. The molecule has 1 aromatic heterocycles. The fourth-order valence-corrected chi connectivity index (χ4v) is 3.34. The summed E-state index contributed by atoms with van der Waals surface area (Å²) in [6.45, 7) is 0. The van der Waals surface area contributed by atoms with Crippen molar-refractivity contribution in [2.24, 2.45) is 0 Å². The van der Waals surface area contributed by atoms with Gasteiger partial charge in [-0.1, -0.05) is 0 Å². The Morgan fingerprint density at radius 1 is 1.24 bits per heavy atom. The Hall–Kier alpha value is -2.14. The van der Waals surface area contributed by atoms with Gasteiger partial charge in [-0.3, -0.25) is 9.59 Å². The second-order valence-corrected chi connectivity index (χ2v) is 5.56. The number of carbonyl (C=O) groups is 2. The zero-order valence-electron chi connectivity index (χ0n) is 11.8. The van der Waals surface area contributed by atoms with Gasteiger partial charge in [0.05, 0.1) is 19.8 Å². The average molecular weight is 302 g/mol. The third kappa shape index (κ3) is 2.14. The first kappa shape index (κ1) is 13.8. The van der Waals surface area contributed by atoms with E-state index in [-0.39, 0.29) is 11.6 Å². The number of fused-ring (bicyclic) bond motifs is 1. The summed E-state index contributed by atoms with van der Waals surface area (Å²) in [5, 5.41) is 3.67. The van der Waals surface area contributed by atoms with Gasteiger partial charge in [-0.2, -0.15) is 11.3 Å². The van der Waals surface area contributed by atoms with E-state index in [1.807, 2.05) is 10.8 Å². The molecule has 1 aliphatic rings. The van der Waals surface area contributed by atoms with Crippen LogP contribution in [-0.2, 0) is 6.42 Å². The van der Waals surface area contributed by atoms with E-state index >= 15 is 0 Å². The van der Waals surface area contributed by atoms with Crippen LogP contribution in [0.25, 0.3) is 0 Å². The van der Waals surface area contributed by atoms with Gasteiger partial charge in [0, 0.05) is 22.9 Å². The lowest BCUT2D eigenvalue weighted by Gasteiger charge is -2.14. The Balaban J connectivity index is 2.23. The lowest BCUT2D eigenvalue weighted by Crippen LogP contribution is -2.08. The molecule has 0 spiro atoms. The molecule has 0 saturated carbocycles. The van der Waals surface area contributed by atoms with E-state index in [1.54, 1.807) is 12.1 Å². The second-order valence-electron chi connectivity index (χ2n) is 4.78. The largest absolute Gasteiger partial charge is 0.493 e. The van der Waals surface area contributed by atoms with Gasteiger partial charge in [0.25, 0.3) is 0 Å². The molecule has 0 N–H and O–H groups in total. The van der Waals surface area contributed by atoms with Crippen molar-refractivity contribution < 1.29 is 19.1 Å². The molecule has 2 aromatic rings. The van der Waals surface area contributed by atoms with Crippen LogP contribution in [0.4, 0.5) is 0 Å². The number of carbonyl (C=O) groups excluding carboxylic acids is 2. The molecule has 21 heavy (non-hydrogen) atoms. The molecule has 4 nitrogen and oxygen atoms in total. The molecule has 0 fully saturated rings. The zero-order valence-corrected chi connectivity index (χ0v) is 12.6. The maximum atomic E-state index is 12.6. The summed E-state index contributed by atoms with van der Waals surface area (Å²) >= 11 is 1.47. The molecule has 0 bridgehead atoms. The predicted octanol–water partition coefficient (Wildman–Crippen LogP) is 3.13. The van der Waals surface area contributed by atoms with E-state index in [0.29, 0.717) is 41.0 Å². The SMILES string of the molecule is COc1cc(C(=O)c2ccsc2)c2c(c1OC)C(=O)CC2. The van der Waals surface area contributed by atoms with Gasteiger partial charge in [0.15, 0.2) is 23.1 Å². The maximum absolute atomic E-state index is 12.6. The van der Waals surface area contributed by atoms with Crippen molar-refractivity contribution >= 4 is 22.9 Å². The second kappa shape index (κ2) is 5.33. The Bertz CT molecular complexity index is 716. The Labute approximate surface area is 126 Å². The van der Waals surface area contributed by atoms with E-state index < -0.39 is 0 Å². The van der Waals surface area contributed by atoms with E-state index in [0.717, 1.165) is 5.56 Å². The summed E-state index contributed by atoms with van der Waals surface area (Å²) in [6, 6.07) is 3.46.